The Hall–Kier alpha value is -0.0800. The van der Waals surface area contributed by atoms with Crippen LogP contribution in [-0.2, 0) is 0 Å². The summed E-state index contributed by atoms with van der Waals surface area (Å²) in [5, 5.41) is 6.46. The molecule has 0 aliphatic carbocycles. The molecule has 8 heavy (non-hydrogen) atoms. The number of rotatable bonds is 2. The van der Waals surface area contributed by atoms with Crippen molar-refractivity contribution in [2.45, 2.75) is 13.0 Å². The fraction of sp³-hybridized carbons (Fsp3) is 1.00. The van der Waals surface area contributed by atoms with Crippen molar-refractivity contribution < 1.29 is 0 Å². The van der Waals surface area contributed by atoms with E-state index in [0.717, 1.165) is 5.92 Å². The Morgan fingerprint density at radius 1 is 1.62 bits per heavy atom. The predicted octanol–water partition coefficient (Wildman–Crippen LogP) is -0.186. The SMILES string of the molecule is CNC(C)C1CNC1. The Labute approximate surface area is 50.7 Å². The minimum Gasteiger partial charge on any atom is -0.317 e. The summed E-state index contributed by atoms with van der Waals surface area (Å²) in [5.74, 6) is 0.875. The van der Waals surface area contributed by atoms with E-state index in [1.54, 1.807) is 0 Å². The van der Waals surface area contributed by atoms with Crippen LogP contribution in [0.5, 0.6) is 0 Å². The molecule has 1 rings (SSSR count). The zero-order chi connectivity index (χ0) is 5.98. The van der Waals surface area contributed by atoms with Gasteiger partial charge in [-0.3, -0.25) is 0 Å². The minimum absolute atomic E-state index is 0.691. The molecule has 1 aliphatic heterocycles. The molecule has 1 atom stereocenters. The smallest absolute Gasteiger partial charge is 0.00882 e. The van der Waals surface area contributed by atoms with Crippen molar-refractivity contribution in [3.63, 3.8) is 0 Å². The van der Waals surface area contributed by atoms with Gasteiger partial charge in [-0.25, -0.2) is 0 Å². The molecule has 0 bridgehead atoms. The highest BCUT2D eigenvalue weighted by molar-refractivity contribution is 4.82. The van der Waals surface area contributed by atoms with Gasteiger partial charge in [-0.2, -0.15) is 0 Å². The second kappa shape index (κ2) is 2.46. The van der Waals surface area contributed by atoms with E-state index < -0.39 is 0 Å². The Morgan fingerprint density at radius 3 is 2.38 bits per heavy atom. The fourth-order valence-corrected chi connectivity index (χ4v) is 0.900. The molecule has 2 heteroatoms. The van der Waals surface area contributed by atoms with Gasteiger partial charge >= 0.3 is 0 Å². The molecule has 0 aromatic rings. The van der Waals surface area contributed by atoms with E-state index in [2.05, 4.69) is 17.6 Å². The van der Waals surface area contributed by atoms with Crippen LogP contribution in [0.25, 0.3) is 0 Å². The molecule has 1 heterocycles. The Bertz CT molecular complexity index is 66.2. The van der Waals surface area contributed by atoms with Gasteiger partial charge in [-0.1, -0.05) is 0 Å². The van der Waals surface area contributed by atoms with Crippen LogP contribution in [0.4, 0.5) is 0 Å². The van der Waals surface area contributed by atoms with Gasteiger partial charge < -0.3 is 10.6 Å². The van der Waals surface area contributed by atoms with E-state index in [1.807, 2.05) is 7.05 Å². The second-order valence-corrected chi connectivity index (χ2v) is 2.50. The first-order valence-electron chi connectivity index (χ1n) is 3.22. The molecule has 0 radical (unpaired) electrons. The van der Waals surface area contributed by atoms with E-state index in [-0.39, 0.29) is 0 Å². The van der Waals surface area contributed by atoms with Crippen LogP contribution in [0, 0.1) is 5.92 Å². The molecule has 0 saturated carbocycles. The molecule has 0 aromatic carbocycles. The summed E-state index contributed by atoms with van der Waals surface area (Å²) in [6.45, 7) is 4.62. The summed E-state index contributed by atoms with van der Waals surface area (Å²) in [5.41, 5.74) is 0. The average molecular weight is 114 g/mol. The van der Waals surface area contributed by atoms with Gasteiger partial charge in [0, 0.05) is 19.1 Å². The topological polar surface area (TPSA) is 24.1 Å². The number of hydrogen-bond acceptors (Lipinski definition) is 2. The molecule has 2 nitrogen and oxygen atoms in total. The number of hydrogen-bond donors (Lipinski definition) is 2. The van der Waals surface area contributed by atoms with Gasteiger partial charge in [-0.05, 0) is 19.9 Å². The highest BCUT2D eigenvalue weighted by atomic mass is 15.0. The molecule has 1 saturated heterocycles. The second-order valence-electron chi connectivity index (χ2n) is 2.50. The van der Waals surface area contributed by atoms with Crippen LogP contribution in [0.1, 0.15) is 6.92 Å². The molecule has 1 fully saturated rings. The quantitative estimate of drug-likeness (QED) is 0.520. The van der Waals surface area contributed by atoms with Gasteiger partial charge in [0.25, 0.3) is 0 Å². The highest BCUT2D eigenvalue weighted by Crippen LogP contribution is 2.06. The first-order chi connectivity index (χ1) is 3.84. The third kappa shape index (κ3) is 1.01. The van der Waals surface area contributed by atoms with Gasteiger partial charge in [-0.15, -0.1) is 0 Å². The average Bonchev–Trinajstić information content (AvgIpc) is 1.62. The third-order valence-electron chi connectivity index (χ3n) is 1.98. The first kappa shape index (κ1) is 6.05. The summed E-state index contributed by atoms with van der Waals surface area (Å²) in [6, 6.07) is 0.691. The van der Waals surface area contributed by atoms with E-state index in [0.29, 0.717) is 6.04 Å². The monoisotopic (exact) mass is 114 g/mol. The zero-order valence-electron chi connectivity index (χ0n) is 5.57. The van der Waals surface area contributed by atoms with Crippen molar-refractivity contribution in [2.75, 3.05) is 20.1 Å². The maximum Gasteiger partial charge on any atom is 0.00882 e. The molecular formula is C6H14N2. The normalized spacial score (nSPS) is 24.8. The summed E-state index contributed by atoms with van der Waals surface area (Å²) in [4.78, 5) is 0. The molecule has 0 aromatic heterocycles. The Morgan fingerprint density at radius 2 is 2.25 bits per heavy atom. The third-order valence-corrected chi connectivity index (χ3v) is 1.98. The summed E-state index contributed by atoms with van der Waals surface area (Å²) in [7, 11) is 2.02. The molecule has 0 amide bonds. The van der Waals surface area contributed by atoms with Crippen molar-refractivity contribution in [3.05, 3.63) is 0 Å². The van der Waals surface area contributed by atoms with Gasteiger partial charge in [0.15, 0.2) is 0 Å². The van der Waals surface area contributed by atoms with Gasteiger partial charge in [0.05, 0.1) is 0 Å². The van der Waals surface area contributed by atoms with Crippen LogP contribution >= 0.6 is 0 Å². The Balaban J connectivity index is 2.13. The van der Waals surface area contributed by atoms with Crippen molar-refractivity contribution in [3.8, 4) is 0 Å². The first-order valence-corrected chi connectivity index (χ1v) is 3.22. The largest absolute Gasteiger partial charge is 0.317 e. The molecule has 1 aliphatic rings. The summed E-state index contributed by atoms with van der Waals surface area (Å²) in [6.07, 6.45) is 0. The number of nitrogens with one attached hydrogen (secondary N) is 2. The molecule has 2 N–H and O–H groups in total. The van der Waals surface area contributed by atoms with Crippen LogP contribution in [0.3, 0.4) is 0 Å². The lowest BCUT2D eigenvalue weighted by Gasteiger charge is -2.32. The lowest BCUT2D eigenvalue weighted by atomic mass is 9.96. The highest BCUT2D eigenvalue weighted by Gasteiger charge is 2.21. The van der Waals surface area contributed by atoms with E-state index in [9.17, 15) is 0 Å². The van der Waals surface area contributed by atoms with Crippen LogP contribution in [0.15, 0.2) is 0 Å². The van der Waals surface area contributed by atoms with Crippen molar-refractivity contribution in [2.24, 2.45) is 5.92 Å². The van der Waals surface area contributed by atoms with E-state index in [1.165, 1.54) is 13.1 Å². The lowest BCUT2D eigenvalue weighted by Crippen LogP contribution is -2.51. The van der Waals surface area contributed by atoms with Crippen molar-refractivity contribution in [1.29, 1.82) is 0 Å². The van der Waals surface area contributed by atoms with Crippen molar-refractivity contribution >= 4 is 0 Å². The molecule has 0 spiro atoms. The maximum absolute atomic E-state index is 3.24. The molecule has 1 unspecified atom stereocenters. The zero-order valence-corrected chi connectivity index (χ0v) is 5.57. The van der Waals surface area contributed by atoms with Crippen LogP contribution in [0.2, 0.25) is 0 Å². The summed E-state index contributed by atoms with van der Waals surface area (Å²) >= 11 is 0. The fourth-order valence-electron chi connectivity index (χ4n) is 0.900. The van der Waals surface area contributed by atoms with Crippen LogP contribution < -0.4 is 10.6 Å². The van der Waals surface area contributed by atoms with E-state index in [4.69, 9.17) is 0 Å². The summed E-state index contributed by atoms with van der Waals surface area (Å²) < 4.78 is 0. The van der Waals surface area contributed by atoms with E-state index >= 15 is 0 Å². The van der Waals surface area contributed by atoms with Crippen LogP contribution in [-0.4, -0.2) is 26.2 Å². The lowest BCUT2D eigenvalue weighted by molar-refractivity contribution is 0.278. The molecule has 48 valence electrons. The predicted molar refractivity (Wildman–Crippen MR) is 34.9 cm³/mol. The standard InChI is InChI=1S/C6H14N2/c1-5(7-2)6-3-8-4-6/h5-8H,3-4H2,1-2H3. The van der Waals surface area contributed by atoms with Crippen molar-refractivity contribution in [1.82, 2.24) is 10.6 Å². The minimum atomic E-state index is 0.691. The maximum atomic E-state index is 3.24. The van der Waals surface area contributed by atoms with Gasteiger partial charge in [0.1, 0.15) is 0 Å². The van der Waals surface area contributed by atoms with Gasteiger partial charge in [0.2, 0.25) is 0 Å². The Kier molecular flexibility index (Phi) is 1.86. The molecular weight excluding hydrogens is 100 g/mol.